The van der Waals surface area contributed by atoms with Gasteiger partial charge in [0, 0.05) is 62.3 Å². The van der Waals surface area contributed by atoms with Gasteiger partial charge < -0.3 is 24.7 Å². The molecule has 1 aliphatic carbocycles. The van der Waals surface area contributed by atoms with E-state index in [1.54, 1.807) is 30.3 Å². The van der Waals surface area contributed by atoms with E-state index in [0.29, 0.717) is 56.0 Å². The Balaban J connectivity index is 1.39. The van der Waals surface area contributed by atoms with Crippen LogP contribution < -0.4 is 9.64 Å². The molecule has 2 aromatic rings. The van der Waals surface area contributed by atoms with E-state index in [-0.39, 0.29) is 41.4 Å². The molecule has 2 fully saturated rings. The van der Waals surface area contributed by atoms with Crippen LogP contribution in [0.5, 0.6) is 11.5 Å². The van der Waals surface area contributed by atoms with Crippen molar-refractivity contribution >= 4 is 24.3 Å². The van der Waals surface area contributed by atoms with Crippen molar-refractivity contribution in [1.82, 2.24) is 4.90 Å². The summed E-state index contributed by atoms with van der Waals surface area (Å²) in [6, 6.07) is 10.4. The number of aromatic carboxylic acids is 1. The summed E-state index contributed by atoms with van der Waals surface area (Å²) < 4.78 is 6.28. The van der Waals surface area contributed by atoms with Crippen LogP contribution in [-0.4, -0.2) is 66.0 Å². The van der Waals surface area contributed by atoms with Crippen molar-refractivity contribution in [3.05, 3.63) is 53.1 Å². The van der Waals surface area contributed by atoms with Crippen molar-refractivity contribution in [1.29, 1.82) is 5.26 Å². The van der Waals surface area contributed by atoms with Gasteiger partial charge in [-0.15, -0.1) is 0 Å². The molecule has 9 heteroatoms. The van der Waals surface area contributed by atoms with Crippen molar-refractivity contribution < 1.29 is 24.5 Å². The van der Waals surface area contributed by atoms with Crippen LogP contribution in [-0.2, 0) is 0 Å². The van der Waals surface area contributed by atoms with Gasteiger partial charge in [0.15, 0.2) is 0 Å². The molecular formula is C35H48BN3O5. The predicted molar refractivity (Wildman–Crippen MR) is 175 cm³/mol. The Kier molecular flexibility index (Phi) is 10.9. The van der Waals surface area contributed by atoms with E-state index >= 15 is 0 Å². The van der Waals surface area contributed by atoms with E-state index in [1.165, 1.54) is 0 Å². The lowest BCUT2D eigenvalue weighted by Gasteiger charge is -2.37. The molecule has 1 amide bonds. The van der Waals surface area contributed by atoms with Gasteiger partial charge in [0.05, 0.1) is 0 Å². The molecule has 1 saturated heterocycles. The Morgan fingerprint density at radius 1 is 1.07 bits per heavy atom. The van der Waals surface area contributed by atoms with E-state index < -0.39 is 5.97 Å². The Morgan fingerprint density at radius 3 is 2.34 bits per heavy atom. The molecule has 0 spiro atoms. The molecule has 44 heavy (non-hydrogen) atoms. The van der Waals surface area contributed by atoms with Crippen LogP contribution in [0.4, 0.5) is 5.69 Å². The van der Waals surface area contributed by atoms with Crippen molar-refractivity contribution in [2.75, 3.05) is 31.1 Å². The molecule has 0 radical (unpaired) electrons. The summed E-state index contributed by atoms with van der Waals surface area (Å²) in [4.78, 5) is 29.5. The summed E-state index contributed by atoms with van der Waals surface area (Å²) in [5.74, 6) is 2.70. The number of carbonyl (C=O) groups excluding carboxylic acids is 1. The first-order valence-corrected chi connectivity index (χ1v) is 16.2. The smallest absolute Gasteiger partial charge is 0.339 e. The predicted octanol–water partition coefficient (Wildman–Crippen LogP) is 7.11. The maximum absolute atomic E-state index is 13.5. The van der Waals surface area contributed by atoms with Gasteiger partial charge in [0.25, 0.3) is 12.6 Å². The Morgan fingerprint density at radius 2 is 1.75 bits per heavy atom. The molecule has 1 aliphatic heterocycles. The third-order valence-corrected chi connectivity index (χ3v) is 9.68. The number of benzene rings is 2. The maximum atomic E-state index is 13.5. The first-order valence-electron chi connectivity index (χ1n) is 16.2. The van der Waals surface area contributed by atoms with Crippen LogP contribution in [0.3, 0.4) is 0 Å². The number of hydrogen-bond acceptors (Lipinski definition) is 6. The summed E-state index contributed by atoms with van der Waals surface area (Å²) in [6.45, 7) is 13.2. The Bertz CT molecular complexity index is 1350. The highest BCUT2D eigenvalue weighted by Gasteiger charge is 2.32. The molecule has 4 rings (SSSR count). The van der Waals surface area contributed by atoms with Crippen molar-refractivity contribution in [2.24, 2.45) is 11.3 Å². The van der Waals surface area contributed by atoms with Gasteiger partial charge in [-0.1, -0.05) is 27.6 Å². The number of carboxylic acids is 1. The fourth-order valence-corrected chi connectivity index (χ4v) is 6.69. The lowest BCUT2D eigenvalue weighted by molar-refractivity contribution is 0.0587. The van der Waals surface area contributed by atoms with E-state index in [0.717, 1.165) is 43.5 Å². The standard InChI is InChI=1S/C35H48BN3O5/c1-6-38(20-17-36(5)23-37)27-12-13-29(34(42)43)32(22-27)44-28-15-18-39(19-16-28)33(41)25-9-14-31(40)30(21-25)24-7-10-26(11-8-24)35(2,3)4/h9,12-14,21-22,24,26,28,40H,6-8,10-11,15-20H2,1-5H3,(H,42,43). The minimum Gasteiger partial charge on any atom is -0.508 e. The number of carboxylic acid groups (broad SMARTS) is 1. The lowest BCUT2D eigenvalue weighted by Crippen LogP contribution is -2.42. The van der Waals surface area contributed by atoms with E-state index in [2.05, 4.69) is 31.6 Å². The second-order valence-electron chi connectivity index (χ2n) is 13.7. The van der Waals surface area contributed by atoms with Crippen LogP contribution in [0.1, 0.15) is 98.4 Å². The molecule has 0 atom stereocenters. The van der Waals surface area contributed by atoms with Crippen molar-refractivity contribution in [3.8, 4) is 17.5 Å². The summed E-state index contributed by atoms with van der Waals surface area (Å²) in [6.07, 6.45) is 5.98. The first-order chi connectivity index (χ1) is 20.9. The molecule has 1 saturated carbocycles. The zero-order chi connectivity index (χ0) is 32.0. The lowest BCUT2D eigenvalue weighted by atomic mass is 9.51. The molecule has 2 aliphatic rings. The molecule has 236 valence electrons. The molecule has 1 heterocycles. The number of amides is 1. The Hall–Kier alpha value is -3.67. The van der Waals surface area contributed by atoms with E-state index in [1.807, 2.05) is 24.7 Å². The summed E-state index contributed by atoms with van der Waals surface area (Å²) >= 11 is 0. The SMILES string of the molecule is CCN(CCB(C)C#N)c1ccc(C(=O)O)c(OC2CCN(C(=O)c3ccc(O)c(C4CCC(C(C)(C)C)CC4)c3)CC2)c1. The highest BCUT2D eigenvalue weighted by Crippen LogP contribution is 2.45. The normalized spacial score (nSPS) is 19.2. The molecule has 0 aromatic heterocycles. The quantitative estimate of drug-likeness (QED) is 0.279. The topological polar surface area (TPSA) is 114 Å². The van der Waals surface area contributed by atoms with Gasteiger partial charge in [-0.25, -0.2) is 10.1 Å². The van der Waals surface area contributed by atoms with Gasteiger partial charge in [-0.05, 0) is 92.1 Å². The van der Waals surface area contributed by atoms with Crippen LogP contribution in [0.15, 0.2) is 36.4 Å². The molecule has 2 aromatic carbocycles. The van der Waals surface area contributed by atoms with E-state index in [4.69, 9.17) is 10.00 Å². The van der Waals surface area contributed by atoms with Crippen molar-refractivity contribution in [2.45, 2.75) is 91.4 Å². The molecular weight excluding hydrogens is 553 g/mol. The number of likely N-dealkylation sites (tertiary alicyclic amines) is 1. The fourth-order valence-electron chi connectivity index (χ4n) is 6.69. The summed E-state index contributed by atoms with van der Waals surface area (Å²) in [5, 5.41) is 29.6. The number of rotatable bonds is 10. The highest BCUT2D eigenvalue weighted by molar-refractivity contribution is 6.65. The number of aromatic hydroxyl groups is 1. The monoisotopic (exact) mass is 601 g/mol. The summed E-state index contributed by atoms with van der Waals surface area (Å²) in [7, 11) is 0. The van der Waals surface area contributed by atoms with Crippen LogP contribution >= 0.6 is 0 Å². The zero-order valence-corrected chi connectivity index (χ0v) is 27.0. The number of ether oxygens (including phenoxy) is 1. The maximum Gasteiger partial charge on any atom is 0.339 e. The van der Waals surface area contributed by atoms with Crippen molar-refractivity contribution in [3.63, 3.8) is 0 Å². The zero-order valence-electron chi connectivity index (χ0n) is 27.0. The average molecular weight is 602 g/mol. The number of piperidine rings is 1. The second kappa shape index (κ2) is 14.4. The fraction of sp³-hybridized carbons (Fsp3) is 0.571. The van der Waals surface area contributed by atoms with Gasteiger partial charge in [-0.2, -0.15) is 0 Å². The van der Waals surface area contributed by atoms with Gasteiger partial charge in [-0.3, -0.25) is 4.79 Å². The van der Waals surface area contributed by atoms with Gasteiger partial charge in [0.1, 0.15) is 23.2 Å². The number of phenolic OH excluding ortho intramolecular Hbond substituents is 1. The third-order valence-electron chi connectivity index (χ3n) is 9.68. The van der Waals surface area contributed by atoms with Crippen LogP contribution in [0.2, 0.25) is 13.1 Å². The molecule has 8 nitrogen and oxygen atoms in total. The number of carbonyl (C=O) groups is 2. The Labute approximate surface area is 263 Å². The number of hydrogen-bond donors (Lipinski definition) is 2. The van der Waals surface area contributed by atoms with Crippen LogP contribution in [0, 0.1) is 22.6 Å². The van der Waals surface area contributed by atoms with Gasteiger partial charge in [0.2, 0.25) is 0 Å². The average Bonchev–Trinajstić information content (AvgIpc) is 3.01. The van der Waals surface area contributed by atoms with E-state index in [9.17, 15) is 19.8 Å². The van der Waals surface area contributed by atoms with Crippen LogP contribution in [0.25, 0.3) is 0 Å². The second-order valence-corrected chi connectivity index (χ2v) is 13.7. The molecule has 0 unspecified atom stereocenters. The summed E-state index contributed by atoms with van der Waals surface area (Å²) in [5.41, 5.74) is 2.74. The largest absolute Gasteiger partial charge is 0.508 e. The van der Waals surface area contributed by atoms with Gasteiger partial charge >= 0.3 is 5.97 Å². The number of phenols is 1. The number of nitrogens with zero attached hydrogens (tertiary/aromatic N) is 3. The first kappa shape index (κ1) is 33.2. The minimum atomic E-state index is -1.05. The third kappa shape index (κ3) is 8.08. The minimum absolute atomic E-state index is 0.0496. The molecule has 0 bridgehead atoms. The molecule has 2 N–H and O–H groups in total. The highest BCUT2D eigenvalue weighted by atomic mass is 16.5. The number of anilines is 1. The number of nitriles is 1.